The van der Waals surface area contributed by atoms with Crippen LogP contribution in [0, 0.1) is 10.1 Å². The van der Waals surface area contributed by atoms with Crippen LogP contribution in [-0.2, 0) is 9.53 Å². The standard InChI is InChI=1S/C18H11BrN2O4/c19-14-5-2-4-13(11-14)17-20-16(18(22)25-17)6-1-3-12-7-9-15(10-8-12)21(23)24/h1-11H/b3-1+,16-6+. The maximum absolute atomic E-state index is 11.9. The molecule has 0 saturated heterocycles. The zero-order valence-electron chi connectivity index (χ0n) is 12.8. The van der Waals surface area contributed by atoms with Crippen molar-refractivity contribution >= 4 is 39.6 Å². The molecule has 1 aliphatic rings. The van der Waals surface area contributed by atoms with Crippen molar-refractivity contribution in [2.24, 2.45) is 4.99 Å². The van der Waals surface area contributed by atoms with E-state index < -0.39 is 10.9 Å². The first-order valence-corrected chi connectivity index (χ1v) is 8.02. The Morgan fingerprint density at radius 3 is 2.60 bits per heavy atom. The summed E-state index contributed by atoms with van der Waals surface area (Å²) in [6.07, 6.45) is 4.90. The maximum atomic E-state index is 11.9. The second kappa shape index (κ2) is 7.23. The van der Waals surface area contributed by atoms with Crippen LogP contribution in [0.3, 0.4) is 0 Å². The Hall–Kier alpha value is -3.06. The number of carbonyl (C=O) groups excluding carboxylic acids is 1. The SMILES string of the molecule is O=C1OC(c2cccc(Br)c2)=N/C1=C/C=C/c1ccc([N+](=O)[O-])cc1. The van der Waals surface area contributed by atoms with Crippen LogP contribution in [0.5, 0.6) is 0 Å². The van der Waals surface area contributed by atoms with E-state index in [1.807, 2.05) is 18.2 Å². The summed E-state index contributed by atoms with van der Waals surface area (Å²) in [5.41, 5.74) is 1.68. The molecule has 25 heavy (non-hydrogen) atoms. The highest BCUT2D eigenvalue weighted by Gasteiger charge is 2.23. The monoisotopic (exact) mass is 398 g/mol. The Morgan fingerprint density at radius 1 is 1.16 bits per heavy atom. The number of cyclic esters (lactones) is 1. The van der Waals surface area contributed by atoms with E-state index in [1.165, 1.54) is 18.2 Å². The number of allylic oxidation sites excluding steroid dienone is 2. The molecule has 0 aromatic heterocycles. The van der Waals surface area contributed by atoms with Crippen molar-refractivity contribution in [1.29, 1.82) is 0 Å². The largest absolute Gasteiger partial charge is 0.402 e. The van der Waals surface area contributed by atoms with E-state index in [4.69, 9.17) is 4.74 Å². The fourth-order valence-electron chi connectivity index (χ4n) is 2.13. The van der Waals surface area contributed by atoms with Crippen LogP contribution in [-0.4, -0.2) is 16.8 Å². The minimum atomic E-state index is -0.525. The third kappa shape index (κ3) is 4.07. The third-order valence-electron chi connectivity index (χ3n) is 3.34. The number of carbonyl (C=O) groups is 1. The van der Waals surface area contributed by atoms with Crippen molar-refractivity contribution < 1.29 is 14.5 Å². The Morgan fingerprint density at radius 2 is 1.92 bits per heavy atom. The smallest absolute Gasteiger partial charge is 0.363 e. The number of esters is 1. The number of nitrogens with zero attached hydrogens (tertiary/aromatic N) is 2. The molecule has 0 amide bonds. The molecule has 1 aliphatic heterocycles. The molecule has 2 aromatic carbocycles. The van der Waals surface area contributed by atoms with E-state index >= 15 is 0 Å². The fourth-order valence-corrected chi connectivity index (χ4v) is 2.53. The van der Waals surface area contributed by atoms with Gasteiger partial charge in [-0.1, -0.05) is 34.1 Å². The molecular weight excluding hydrogens is 388 g/mol. The lowest BCUT2D eigenvalue weighted by atomic mass is 10.2. The highest BCUT2D eigenvalue weighted by Crippen LogP contribution is 2.19. The van der Waals surface area contributed by atoms with Gasteiger partial charge in [0, 0.05) is 22.2 Å². The summed E-state index contributed by atoms with van der Waals surface area (Å²) in [5, 5.41) is 10.6. The van der Waals surface area contributed by atoms with Gasteiger partial charge in [-0.3, -0.25) is 10.1 Å². The first-order chi connectivity index (χ1) is 12.0. The molecule has 0 bridgehead atoms. The number of hydrogen-bond acceptors (Lipinski definition) is 5. The average molecular weight is 399 g/mol. The van der Waals surface area contributed by atoms with Crippen LogP contribution in [0.25, 0.3) is 6.08 Å². The van der Waals surface area contributed by atoms with Gasteiger partial charge in [0.2, 0.25) is 5.90 Å². The van der Waals surface area contributed by atoms with Gasteiger partial charge in [-0.15, -0.1) is 0 Å². The van der Waals surface area contributed by atoms with Crippen LogP contribution in [0.1, 0.15) is 11.1 Å². The van der Waals surface area contributed by atoms with Crippen molar-refractivity contribution in [3.05, 3.63) is 92.1 Å². The molecular formula is C18H11BrN2O4. The predicted octanol–water partition coefficient (Wildman–Crippen LogP) is 4.26. The summed E-state index contributed by atoms with van der Waals surface area (Å²) in [4.78, 5) is 26.2. The van der Waals surface area contributed by atoms with Gasteiger partial charge in [-0.2, -0.15) is 0 Å². The molecule has 0 saturated carbocycles. The van der Waals surface area contributed by atoms with Gasteiger partial charge in [0.1, 0.15) is 0 Å². The molecule has 0 N–H and O–H groups in total. The summed E-state index contributed by atoms with van der Waals surface area (Å²) in [7, 11) is 0. The first kappa shape index (κ1) is 16.8. The van der Waals surface area contributed by atoms with E-state index in [-0.39, 0.29) is 17.3 Å². The van der Waals surface area contributed by atoms with Crippen molar-refractivity contribution in [3.63, 3.8) is 0 Å². The topological polar surface area (TPSA) is 81.8 Å². The Bertz CT molecular complexity index is 930. The Kier molecular flexibility index (Phi) is 4.85. The Balaban J connectivity index is 1.76. The second-order valence-electron chi connectivity index (χ2n) is 5.08. The second-order valence-corrected chi connectivity index (χ2v) is 5.99. The lowest BCUT2D eigenvalue weighted by molar-refractivity contribution is -0.384. The normalized spacial score (nSPS) is 15.5. The lowest BCUT2D eigenvalue weighted by Crippen LogP contribution is -2.05. The molecule has 1 heterocycles. The van der Waals surface area contributed by atoms with E-state index in [9.17, 15) is 14.9 Å². The average Bonchev–Trinajstić information content (AvgIpc) is 2.96. The molecule has 124 valence electrons. The summed E-state index contributed by atoms with van der Waals surface area (Å²) in [6.45, 7) is 0. The minimum Gasteiger partial charge on any atom is -0.402 e. The quantitative estimate of drug-likeness (QED) is 0.333. The van der Waals surface area contributed by atoms with E-state index in [0.717, 1.165) is 10.0 Å². The summed E-state index contributed by atoms with van der Waals surface area (Å²) in [5.74, 6) is -0.274. The predicted molar refractivity (Wildman–Crippen MR) is 97.0 cm³/mol. The molecule has 3 rings (SSSR count). The van der Waals surface area contributed by atoms with Crippen molar-refractivity contribution in [2.45, 2.75) is 0 Å². The van der Waals surface area contributed by atoms with Crippen LogP contribution in [0.4, 0.5) is 5.69 Å². The van der Waals surface area contributed by atoms with Crippen LogP contribution in [0.2, 0.25) is 0 Å². The zero-order valence-corrected chi connectivity index (χ0v) is 14.3. The molecule has 2 aromatic rings. The van der Waals surface area contributed by atoms with E-state index in [2.05, 4.69) is 20.9 Å². The molecule has 6 nitrogen and oxygen atoms in total. The van der Waals surface area contributed by atoms with Gasteiger partial charge in [0.05, 0.1) is 4.92 Å². The number of benzene rings is 2. The van der Waals surface area contributed by atoms with Crippen molar-refractivity contribution in [3.8, 4) is 0 Å². The molecule has 0 radical (unpaired) electrons. The number of aliphatic imine (C=N–C) groups is 1. The maximum Gasteiger partial charge on any atom is 0.363 e. The van der Waals surface area contributed by atoms with Crippen LogP contribution >= 0.6 is 15.9 Å². The number of ether oxygens (including phenoxy) is 1. The number of nitro groups is 1. The highest BCUT2D eigenvalue weighted by atomic mass is 79.9. The molecule has 0 unspecified atom stereocenters. The first-order valence-electron chi connectivity index (χ1n) is 7.22. The Labute approximate surface area is 151 Å². The molecule has 0 aliphatic carbocycles. The van der Waals surface area contributed by atoms with E-state index in [0.29, 0.717) is 5.56 Å². The highest BCUT2D eigenvalue weighted by molar-refractivity contribution is 9.10. The van der Waals surface area contributed by atoms with Gasteiger partial charge in [-0.25, -0.2) is 9.79 Å². The summed E-state index contributed by atoms with van der Waals surface area (Å²) in [6, 6.07) is 13.4. The molecule has 0 atom stereocenters. The van der Waals surface area contributed by atoms with Crippen molar-refractivity contribution in [1.82, 2.24) is 0 Å². The number of hydrogen-bond donors (Lipinski definition) is 0. The van der Waals surface area contributed by atoms with Gasteiger partial charge in [0.25, 0.3) is 5.69 Å². The van der Waals surface area contributed by atoms with E-state index in [1.54, 1.807) is 30.4 Å². The lowest BCUT2D eigenvalue weighted by Gasteiger charge is -1.99. The summed E-state index contributed by atoms with van der Waals surface area (Å²) >= 11 is 3.36. The molecule has 0 fully saturated rings. The number of non-ortho nitro benzene ring substituents is 1. The summed E-state index contributed by atoms with van der Waals surface area (Å²) < 4.78 is 6.03. The fraction of sp³-hybridized carbons (Fsp3) is 0. The van der Waals surface area contributed by atoms with Gasteiger partial charge >= 0.3 is 5.97 Å². The minimum absolute atomic E-state index is 0.0261. The molecule has 7 heteroatoms. The number of halogens is 1. The number of nitro benzene ring substituents is 1. The van der Waals surface area contributed by atoms with Crippen molar-refractivity contribution in [2.75, 3.05) is 0 Å². The van der Waals surface area contributed by atoms with Crippen LogP contribution in [0.15, 0.2) is 75.8 Å². The van der Waals surface area contributed by atoms with Crippen LogP contribution < -0.4 is 0 Å². The molecule has 0 spiro atoms. The van der Waals surface area contributed by atoms with Gasteiger partial charge < -0.3 is 4.74 Å². The zero-order chi connectivity index (χ0) is 17.8. The number of rotatable bonds is 4. The third-order valence-corrected chi connectivity index (χ3v) is 3.83. The van der Waals surface area contributed by atoms with Gasteiger partial charge in [0.15, 0.2) is 5.70 Å². The van der Waals surface area contributed by atoms with Gasteiger partial charge in [-0.05, 0) is 42.0 Å².